The van der Waals surface area contributed by atoms with E-state index in [0.717, 1.165) is 11.3 Å². The number of aryl methyl sites for hydroxylation is 2. The average molecular weight is 387 g/mol. The Bertz CT molecular complexity index is 882. The van der Waals surface area contributed by atoms with Gasteiger partial charge in [0.1, 0.15) is 11.7 Å². The fraction of sp³-hybridized carbons (Fsp3) is 0.333. The third-order valence-electron chi connectivity index (χ3n) is 4.82. The van der Waals surface area contributed by atoms with Crippen molar-refractivity contribution in [3.05, 3.63) is 52.5 Å². The zero-order chi connectivity index (χ0) is 19.6. The molecule has 142 valence electrons. The van der Waals surface area contributed by atoms with Crippen molar-refractivity contribution in [3.63, 3.8) is 0 Å². The molecule has 1 atom stereocenters. The average Bonchev–Trinajstić information content (AvgIpc) is 3.01. The number of ether oxygens (including phenoxy) is 1. The molecular formula is C21H23ClN2O3. The number of hydrogen-bond acceptors (Lipinski definition) is 3. The van der Waals surface area contributed by atoms with Crippen LogP contribution >= 0.6 is 11.6 Å². The molecule has 0 spiro atoms. The maximum atomic E-state index is 12.8. The van der Waals surface area contributed by atoms with Crippen molar-refractivity contribution in [2.45, 2.75) is 27.2 Å². The second-order valence-electron chi connectivity index (χ2n) is 6.66. The fourth-order valence-electron chi connectivity index (χ4n) is 3.17. The Labute approximate surface area is 164 Å². The summed E-state index contributed by atoms with van der Waals surface area (Å²) in [7, 11) is 0. The number of carbonyl (C=O) groups is 2. The maximum absolute atomic E-state index is 12.8. The topological polar surface area (TPSA) is 58.6 Å². The molecule has 1 saturated heterocycles. The summed E-state index contributed by atoms with van der Waals surface area (Å²) in [4.78, 5) is 27.2. The monoisotopic (exact) mass is 386 g/mol. The van der Waals surface area contributed by atoms with E-state index < -0.39 is 5.92 Å². The summed E-state index contributed by atoms with van der Waals surface area (Å²) in [6, 6.07) is 10.9. The first-order valence-electron chi connectivity index (χ1n) is 9.02. The SMILES string of the molecule is CCOc1ccc(Cl)cc1NC(=O)C1CCN(c2ccc(C)c(C)c2)C1=O. The fourth-order valence-corrected chi connectivity index (χ4v) is 3.35. The predicted octanol–water partition coefficient (Wildman–Crippen LogP) is 4.35. The molecule has 2 aromatic carbocycles. The Balaban J connectivity index is 1.76. The molecule has 0 saturated carbocycles. The van der Waals surface area contributed by atoms with E-state index in [-0.39, 0.29) is 11.8 Å². The molecule has 0 aliphatic carbocycles. The molecule has 0 radical (unpaired) electrons. The van der Waals surface area contributed by atoms with E-state index in [9.17, 15) is 9.59 Å². The van der Waals surface area contributed by atoms with Gasteiger partial charge in [0.2, 0.25) is 11.8 Å². The molecule has 6 heteroatoms. The van der Waals surface area contributed by atoms with Crippen LogP contribution in [0, 0.1) is 19.8 Å². The minimum absolute atomic E-state index is 0.184. The zero-order valence-electron chi connectivity index (χ0n) is 15.7. The molecular weight excluding hydrogens is 364 g/mol. The second kappa shape index (κ2) is 8.01. The van der Waals surface area contributed by atoms with Gasteiger partial charge in [0, 0.05) is 17.3 Å². The molecule has 3 rings (SSSR count). The molecule has 0 bridgehead atoms. The summed E-state index contributed by atoms with van der Waals surface area (Å²) in [5, 5.41) is 3.29. The lowest BCUT2D eigenvalue weighted by atomic mass is 10.1. The minimum Gasteiger partial charge on any atom is -0.492 e. The Hall–Kier alpha value is -2.53. The molecule has 2 aromatic rings. The van der Waals surface area contributed by atoms with Gasteiger partial charge in [0.25, 0.3) is 0 Å². The second-order valence-corrected chi connectivity index (χ2v) is 7.10. The number of anilines is 2. The standard InChI is InChI=1S/C21H23ClN2O3/c1-4-27-19-8-6-15(22)12-18(19)23-20(25)17-9-10-24(21(17)26)16-7-5-13(2)14(3)11-16/h5-8,11-12,17H,4,9-10H2,1-3H3,(H,23,25). The number of benzene rings is 2. The van der Waals surface area contributed by atoms with Gasteiger partial charge in [-0.1, -0.05) is 17.7 Å². The van der Waals surface area contributed by atoms with Crippen molar-refractivity contribution in [1.29, 1.82) is 0 Å². The van der Waals surface area contributed by atoms with Crippen molar-refractivity contribution >= 4 is 34.8 Å². The number of amides is 2. The Morgan fingerprint density at radius 3 is 2.70 bits per heavy atom. The van der Waals surface area contributed by atoms with Gasteiger partial charge in [0.15, 0.2) is 0 Å². The Morgan fingerprint density at radius 1 is 1.22 bits per heavy atom. The smallest absolute Gasteiger partial charge is 0.239 e. The summed E-state index contributed by atoms with van der Waals surface area (Å²) in [5.41, 5.74) is 3.60. The number of rotatable bonds is 5. The quantitative estimate of drug-likeness (QED) is 0.777. The van der Waals surface area contributed by atoms with Crippen molar-refractivity contribution in [2.24, 2.45) is 5.92 Å². The van der Waals surface area contributed by atoms with Crippen LogP contribution in [0.5, 0.6) is 5.75 Å². The van der Waals surface area contributed by atoms with Crippen LogP contribution in [0.1, 0.15) is 24.5 Å². The molecule has 1 unspecified atom stereocenters. The Morgan fingerprint density at radius 2 is 2.00 bits per heavy atom. The lowest BCUT2D eigenvalue weighted by Crippen LogP contribution is -2.33. The van der Waals surface area contributed by atoms with E-state index in [1.165, 1.54) is 5.56 Å². The largest absolute Gasteiger partial charge is 0.492 e. The third-order valence-corrected chi connectivity index (χ3v) is 5.06. The molecule has 1 aliphatic heterocycles. The van der Waals surface area contributed by atoms with Gasteiger partial charge < -0.3 is 15.0 Å². The summed E-state index contributed by atoms with van der Waals surface area (Å²) >= 11 is 6.04. The van der Waals surface area contributed by atoms with Crippen molar-refractivity contribution in [2.75, 3.05) is 23.4 Å². The van der Waals surface area contributed by atoms with Crippen molar-refractivity contribution in [3.8, 4) is 5.75 Å². The van der Waals surface area contributed by atoms with Gasteiger partial charge in [-0.15, -0.1) is 0 Å². The van der Waals surface area contributed by atoms with Crippen LogP contribution in [-0.2, 0) is 9.59 Å². The molecule has 2 amide bonds. The molecule has 1 fully saturated rings. The van der Waals surface area contributed by atoms with E-state index in [2.05, 4.69) is 5.32 Å². The molecule has 5 nitrogen and oxygen atoms in total. The summed E-state index contributed by atoms with van der Waals surface area (Å²) in [6.45, 7) is 6.89. The van der Waals surface area contributed by atoms with Crippen LogP contribution in [0.4, 0.5) is 11.4 Å². The summed E-state index contributed by atoms with van der Waals surface area (Å²) in [5.74, 6) is -0.711. The van der Waals surface area contributed by atoms with E-state index in [1.807, 2.05) is 39.0 Å². The summed E-state index contributed by atoms with van der Waals surface area (Å²) < 4.78 is 5.53. The molecule has 1 heterocycles. The van der Waals surface area contributed by atoms with Crippen molar-refractivity contribution < 1.29 is 14.3 Å². The lowest BCUT2D eigenvalue weighted by molar-refractivity contribution is -0.129. The minimum atomic E-state index is -0.722. The van der Waals surface area contributed by atoms with E-state index >= 15 is 0 Å². The first-order chi connectivity index (χ1) is 12.9. The Kier molecular flexibility index (Phi) is 5.71. The predicted molar refractivity (Wildman–Crippen MR) is 108 cm³/mol. The number of carbonyl (C=O) groups excluding carboxylic acids is 2. The zero-order valence-corrected chi connectivity index (χ0v) is 16.5. The van der Waals surface area contributed by atoms with Crippen LogP contribution in [0.25, 0.3) is 0 Å². The van der Waals surface area contributed by atoms with Gasteiger partial charge in [-0.2, -0.15) is 0 Å². The van der Waals surface area contributed by atoms with Gasteiger partial charge >= 0.3 is 0 Å². The number of nitrogens with one attached hydrogen (secondary N) is 1. The highest BCUT2D eigenvalue weighted by molar-refractivity contribution is 6.31. The van der Waals surface area contributed by atoms with Crippen LogP contribution in [0.15, 0.2) is 36.4 Å². The van der Waals surface area contributed by atoms with Crippen LogP contribution in [0.2, 0.25) is 5.02 Å². The highest BCUT2D eigenvalue weighted by Gasteiger charge is 2.38. The first-order valence-corrected chi connectivity index (χ1v) is 9.40. The third kappa shape index (κ3) is 4.08. The molecule has 1 aliphatic rings. The number of hydrogen-bond donors (Lipinski definition) is 1. The highest BCUT2D eigenvalue weighted by atomic mass is 35.5. The van der Waals surface area contributed by atoms with Gasteiger partial charge in [0.05, 0.1) is 12.3 Å². The van der Waals surface area contributed by atoms with Gasteiger partial charge in [-0.3, -0.25) is 9.59 Å². The maximum Gasteiger partial charge on any atom is 0.239 e. The van der Waals surface area contributed by atoms with Crippen LogP contribution in [0.3, 0.4) is 0 Å². The summed E-state index contributed by atoms with van der Waals surface area (Å²) in [6.07, 6.45) is 0.474. The van der Waals surface area contributed by atoms with Crippen LogP contribution < -0.4 is 15.0 Å². The van der Waals surface area contributed by atoms with Crippen molar-refractivity contribution in [1.82, 2.24) is 0 Å². The normalized spacial score (nSPS) is 16.5. The van der Waals surface area contributed by atoms with E-state index in [0.29, 0.717) is 36.0 Å². The number of halogens is 1. The van der Waals surface area contributed by atoms with Gasteiger partial charge in [-0.25, -0.2) is 0 Å². The lowest BCUT2D eigenvalue weighted by Gasteiger charge is -2.18. The first kappa shape index (κ1) is 19.2. The molecule has 0 aromatic heterocycles. The van der Waals surface area contributed by atoms with E-state index in [1.54, 1.807) is 23.1 Å². The van der Waals surface area contributed by atoms with Gasteiger partial charge in [-0.05, 0) is 68.7 Å². The highest BCUT2D eigenvalue weighted by Crippen LogP contribution is 2.31. The number of nitrogens with zero attached hydrogens (tertiary/aromatic N) is 1. The molecule has 27 heavy (non-hydrogen) atoms. The molecule has 1 N–H and O–H groups in total. The van der Waals surface area contributed by atoms with Crippen LogP contribution in [-0.4, -0.2) is 25.0 Å². The van der Waals surface area contributed by atoms with E-state index in [4.69, 9.17) is 16.3 Å².